The Morgan fingerprint density at radius 2 is 1.22 bits per heavy atom. The lowest BCUT2D eigenvalue weighted by Gasteiger charge is -2.26. The van der Waals surface area contributed by atoms with Crippen molar-refractivity contribution in [3.8, 4) is 0 Å². The summed E-state index contributed by atoms with van der Waals surface area (Å²) in [6.45, 7) is 6.66. The largest absolute Gasteiger partial charge is 0.343 e. The van der Waals surface area contributed by atoms with E-state index in [1.807, 2.05) is 0 Å². The lowest BCUT2D eigenvalue weighted by atomic mass is 10.0. The van der Waals surface area contributed by atoms with Crippen LogP contribution < -0.4 is 0 Å². The molecule has 0 spiro atoms. The lowest BCUT2D eigenvalue weighted by molar-refractivity contribution is -0.132. The molecule has 0 saturated carbocycles. The summed E-state index contributed by atoms with van der Waals surface area (Å²) in [4.78, 5) is 14.1. The fourth-order valence-electron chi connectivity index (χ4n) is 3.54. The molecule has 2 heteroatoms. The number of likely N-dealkylation sites (tertiary alicyclic amines) is 1. The van der Waals surface area contributed by atoms with E-state index in [0.29, 0.717) is 5.91 Å². The van der Waals surface area contributed by atoms with E-state index in [1.165, 1.54) is 83.5 Å². The summed E-state index contributed by atoms with van der Waals surface area (Å²) in [5, 5.41) is 0. The number of amides is 1. The Hall–Kier alpha value is -0.530. The van der Waals surface area contributed by atoms with Crippen LogP contribution in [0.5, 0.6) is 0 Å². The second-order valence-corrected chi connectivity index (χ2v) is 7.91. The fourth-order valence-corrected chi connectivity index (χ4v) is 3.54. The maximum Gasteiger partial charge on any atom is 0.222 e. The zero-order valence-corrected chi connectivity index (χ0v) is 16.0. The summed E-state index contributed by atoms with van der Waals surface area (Å²) in [5.74, 6) is 1.28. The second kappa shape index (κ2) is 13.9. The molecule has 0 bridgehead atoms. The van der Waals surface area contributed by atoms with Crippen LogP contribution in [-0.2, 0) is 4.79 Å². The standard InChI is InChI=1S/C21H41NO/c1-20(2)16-12-9-7-5-3-4-6-8-10-13-17-21(23)22-18-14-11-15-19-22/h20H,3-19H2,1-2H3. The molecular formula is C21H41NO. The maximum atomic E-state index is 12.0. The molecule has 1 fully saturated rings. The molecule has 0 aromatic rings. The van der Waals surface area contributed by atoms with Crippen molar-refractivity contribution in [1.29, 1.82) is 0 Å². The van der Waals surface area contributed by atoms with Crippen molar-refractivity contribution in [2.75, 3.05) is 13.1 Å². The van der Waals surface area contributed by atoms with Gasteiger partial charge in [0.15, 0.2) is 0 Å². The molecule has 0 aliphatic carbocycles. The molecule has 0 aromatic heterocycles. The van der Waals surface area contributed by atoms with Crippen LogP contribution in [0.1, 0.15) is 110 Å². The minimum atomic E-state index is 0.408. The van der Waals surface area contributed by atoms with Gasteiger partial charge >= 0.3 is 0 Å². The number of hydrogen-bond acceptors (Lipinski definition) is 1. The Balaban J connectivity index is 1.78. The summed E-state index contributed by atoms with van der Waals surface area (Å²) in [7, 11) is 0. The van der Waals surface area contributed by atoms with E-state index in [9.17, 15) is 4.79 Å². The predicted octanol–water partition coefficient (Wildman–Crippen LogP) is 6.34. The van der Waals surface area contributed by atoms with Gasteiger partial charge in [-0.15, -0.1) is 0 Å². The number of nitrogens with zero attached hydrogens (tertiary/aromatic N) is 1. The Bertz CT molecular complexity index is 282. The van der Waals surface area contributed by atoms with Crippen molar-refractivity contribution in [3.63, 3.8) is 0 Å². The minimum Gasteiger partial charge on any atom is -0.343 e. The van der Waals surface area contributed by atoms with Crippen LogP contribution in [0.15, 0.2) is 0 Å². The van der Waals surface area contributed by atoms with Crippen molar-refractivity contribution in [1.82, 2.24) is 4.90 Å². The van der Waals surface area contributed by atoms with Crippen molar-refractivity contribution in [2.24, 2.45) is 5.92 Å². The lowest BCUT2D eigenvalue weighted by Crippen LogP contribution is -2.35. The molecule has 2 nitrogen and oxygen atoms in total. The molecule has 0 atom stereocenters. The maximum absolute atomic E-state index is 12.0. The summed E-state index contributed by atoms with van der Waals surface area (Å²) >= 11 is 0. The monoisotopic (exact) mass is 323 g/mol. The highest BCUT2D eigenvalue weighted by molar-refractivity contribution is 5.76. The summed E-state index contributed by atoms with van der Waals surface area (Å²) < 4.78 is 0. The van der Waals surface area contributed by atoms with Gasteiger partial charge in [0.25, 0.3) is 0 Å². The van der Waals surface area contributed by atoms with Gasteiger partial charge in [-0.05, 0) is 31.6 Å². The van der Waals surface area contributed by atoms with Crippen LogP contribution in [0.4, 0.5) is 0 Å². The first kappa shape index (κ1) is 20.5. The van der Waals surface area contributed by atoms with Gasteiger partial charge in [-0.1, -0.05) is 78.1 Å². The normalized spacial score (nSPS) is 15.3. The van der Waals surface area contributed by atoms with Gasteiger partial charge in [-0.2, -0.15) is 0 Å². The fraction of sp³-hybridized carbons (Fsp3) is 0.952. The Kier molecular flexibility index (Phi) is 12.4. The molecule has 0 unspecified atom stereocenters. The average molecular weight is 324 g/mol. The van der Waals surface area contributed by atoms with Crippen molar-refractivity contribution in [2.45, 2.75) is 110 Å². The first-order valence-electron chi connectivity index (χ1n) is 10.5. The molecule has 1 amide bonds. The summed E-state index contributed by atoms with van der Waals surface area (Å²) in [6.07, 6.45) is 19.4. The van der Waals surface area contributed by atoms with E-state index in [1.54, 1.807) is 0 Å². The van der Waals surface area contributed by atoms with E-state index in [-0.39, 0.29) is 0 Å². The van der Waals surface area contributed by atoms with E-state index in [4.69, 9.17) is 0 Å². The number of carbonyl (C=O) groups excluding carboxylic acids is 1. The molecule has 23 heavy (non-hydrogen) atoms. The quantitative estimate of drug-likeness (QED) is 0.362. The number of unbranched alkanes of at least 4 members (excludes halogenated alkanes) is 9. The zero-order valence-electron chi connectivity index (χ0n) is 16.0. The van der Waals surface area contributed by atoms with Crippen LogP contribution in [-0.4, -0.2) is 23.9 Å². The molecule has 0 N–H and O–H groups in total. The van der Waals surface area contributed by atoms with E-state index >= 15 is 0 Å². The Morgan fingerprint density at radius 1 is 0.739 bits per heavy atom. The molecule has 136 valence electrons. The molecule has 1 aliphatic rings. The van der Waals surface area contributed by atoms with Crippen LogP contribution in [0.2, 0.25) is 0 Å². The average Bonchev–Trinajstić information content (AvgIpc) is 2.56. The van der Waals surface area contributed by atoms with E-state index < -0.39 is 0 Å². The molecule has 0 aromatic carbocycles. The third kappa shape index (κ3) is 11.6. The smallest absolute Gasteiger partial charge is 0.222 e. The highest BCUT2D eigenvalue weighted by Crippen LogP contribution is 2.15. The highest BCUT2D eigenvalue weighted by Gasteiger charge is 2.15. The third-order valence-corrected chi connectivity index (χ3v) is 5.13. The summed E-state index contributed by atoms with van der Waals surface area (Å²) in [6, 6.07) is 0. The van der Waals surface area contributed by atoms with Gasteiger partial charge in [0, 0.05) is 19.5 Å². The minimum absolute atomic E-state index is 0.408. The third-order valence-electron chi connectivity index (χ3n) is 5.13. The Labute approximate surface area is 145 Å². The van der Waals surface area contributed by atoms with Crippen LogP contribution in [0.3, 0.4) is 0 Å². The van der Waals surface area contributed by atoms with Gasteiger partial charge in [-0.3, -0.25) is 4.79 Å². The van der Waals surface area contributed by atoms with Gasteiger partial charge in [-0.25, -0.2) is 0 Å². The molecular weight excluding hydrogens is 282 g/mol. The molecule has 1 aliphatic heterocycles. The van der Waals surface area contributed by atoms with Crippen LogP contribution in [0.25, 0.3) is 0 Å². The molecule has 1 rings (SSSR count). The molecule has 0 radical (unpaired) electrons. The number of rotatable bonds is 13. The molecule has 1 saturated heterocycles. The first-order chi connectivity index (χ1) is 11.2. The predicted molar refractivity (Wildman–Crippen MR) is 101 cm³/mol. The second-order valence-electron chi connectivity index (χ2n) is 7.91. The number of carbonyl (C=O) groups is 1. The van der Waals surface area contributed by atoms with Crippen molar-refractivity contribution >= 4 is 5.91 Å². The first-order valence-corrected chi connectivity index (χ1v) is 10.5. The van der Waals surface area contributed by atoms with E-state index in [0.717, 1.165) is 31.8 Å². The highest BCUT2D eigenvalue weighted by atomic mass is 16.2. The number of hydrogen-bond donors (Lipinski definition) is 0. The topological polar surface area (TPSA) is 20.3 Å². The van der Waals surface area contributed by atoms with Crippen molar-refractivity contribution in [3.05, 3.63) is 0 Å². The Morgan fingerprint density at radius 3 is 1.74 bits per heavy atom. The van der Waals surface area contributed by atoms with Gasteiger partial charge in [0.1, 0.15) is 0 Å². The van der Waals surface area contributed by atoms with E-state index in [2.05, 4.69) is 18.7 Å². The van der Waals surface area contributed by atoms with Crippen LogP contribution >= 0.6 is 0 Å². The molecule has 1 heterocycles. The SMILES string of the molecule is CC(C)CCCCCCCCCCCCC(=O)N1CCCCC1. The van der Waals surface area contributed by atoms with Crippen molar-refractivity contribution < 1.29 is 4.79 Å². The van der Waals surface area contributed by atoms with Gasteiger partial charge in [0.05, 0.1) is 0 Å². The summed E-state index contributed by atoms with van der Waals surface area (Å²) in [5.41, 5.74) is 0. The van der Waals surface area contributed by atoms with Gasteiger partial charge in [0.2, 0.25) is 5.91 Å². The van der Waals surface area contributed by atoms with Gasteiger partial charge < -0.3 is 4.90 Å². The van der Waals surface area contributed by atoms with Crippen LogP contribution in [0, 0.1) is 5.92 Å². The number of piperidine rings is 1. The zero-order chi connectivity index (χ0) is 16.8.